The van der Waals surface area contributed by atoms with E-state index in [2.05, 4.69) is 16.7 Å². The van der Waals surface area contributed by atoms with Crippen LogP contribution < -0.4 is 0 Å². The van der Waals surface area contributed by atoms with E-state index in [1.807, 2.05) is 13.8 Å². The van der Waals surface area contributed by atoms with E-state index in [4.69, 9.17) is 4.74 Å². The molecular weight excluding hydrogens is 106 g/mol. The quantitative estimate of drug-likeness (QED) is 0.371. The van der Waals surface area contributed by atoms with Crippen molar-refractivity contribution in [2.75, 3.05) is 0 Å². The third kappa shape index (κ3) is 6.16. The second-order valence-corrected chi connectivity index (χ2v) is 3.28. The number of hydrogen-bond acceptors (Lipinski definition) is 1. The predicted octanol–water partition coefficient (Wildman–Crippen LogP) is 0.275. The number of rotatable bonds is 2. The fourth-order valence-electron chi connectivity index (χ4n) is 0.215. The average Bonchev–Trinajstić information content (AvgIpc) is 1.30. The van der Waals surface area contributed by atoms with Gasteiger partial charge < -0.3 is 0 Å². The van der Waals surface area contributed by atoms with Crippen molar-refractivity contribution in [3.05, 3.63) is 0 Å². The van der Waals surface area contributed by atoms with E-state index >= 15 is 0 Å². The summed E-state index contributed by atoms with van der Waals surface area (Å²) >= 11 is 0. The summed E-state index contributed by atoms with van der Waals surface area (Å²) in [5.74, 6) is 0. The molecule has 0 heterocycles. The summed E-state index contributed by atoms with van der Waals surface area (Å²) in [5.41, 5.74) is 0. The van der Waals surface area contributed by atoms with Gasteiger partial charge in [0.2, 0.25) is 0 Å². The van der Waals surface area contributed by atoms with Crippen LogP contribution in [-0.4, -0.2) is 19.0 Å². The summed E-state index contributed by atoms with van der Waals surface area (Å²) in [6, 6.07) is 0. The molecule has 0 aliphatic carbocycles. The summed E-state index contributed by atoms with van der Waals surface area (Å²) in [4.78, 5) is 0. The molecule has 0 aliphatic heterocycles. The van der Waals surface area contributed by atoms with Crippen LogP contribution in [0.1, 0.15) is 13.8 Å². The van der Waals surface area contributed by atoms with Crippen LogP contribution >= 0.6 is 9.24 Å². The maximum atomic E-state index is 4.96. The third-order valence-corrected chi connectivity index (χ3v) is 0.523. The van der Waals surface area contributed by atoms with Gasteiger partial charge in [-0.25, -0.2) is 0 Å². The Hall–Kier alpha value is 0.165. The van der Waals surface area contributed by atoms with Crippen molar-refractivity contribution in [1.29, 1.82) is 0 Å². The summed E-state index contributed by atoms with van der Waals surface area (Å²) in [7, 11) is 5.95. The molecule has 0 spiro atoms. The van der Waals surface area contributed by atoms with E-state index in [0.717, 1.165) is 0 Å². The van der Waals surface area contributed by atoms with E-state index in [1.54, 1.807) is 0 Å². The Morgan fingerprint density at radius 3 is 2.14 bits per heavy atom. The molecule has 0 rings (SSSR count). The molecule has 0 aromatic rings. The van der Waals surface area contributed by atoms with Gasteiger partial charge in [0.25, 0.3) is 0 Å². The second kappa shape index (κ2) is 2.47. The summed E-state index contributed by atoms with van der Waals surface area (Å²) in [6.45, 7) is 3.89. The zero-order valence-corrected chi connectivity index (χ0v) is 5.92. The molecule has 0 saturated carbocycles. The SMILES string of the molecule is B=COC(C)(C)P. The monoisotopic (exact) mass is 116 g/mol. The molecule has 0 saturated heterocycles. The van der Waals surface area contributed by atoms with Crippen LogP contribution in [0.25, 0.3) is 0 Å². The average molecular weight is 116 g/mol. The van der Waals surface area contributed by atoms with Gasteiger partial charge in [-0.2, -0.15) is 0 Å². The molecule has 0 aromatic heterocycles. The standard InChI is InChI=1S/C4H10BOP/c1-4(2,7)6-3-5/h3,5H,7H2,1-2H3. The summed E-state index contributed by atoms with van der Waals surface area (Å²) in [5, 5.41) is -0.151. The first-order valence-corrected chi connectivity index (χ1v) is 2.71. The molecular formula is C4H10BOP. The van der Waals surface area contributed by atoms with E-state index in [1.165, 1.54) is 6.15 Å². The van der Waals surface area contributed by atoms with Crippen LogP contribution in [-0.2, 0) is 4.74 Å². The third-order valence-electron chi connectivity index (χ3n) is 0.387. The van der Waals surface area contributed by atoms with Crippen LogP contribution in [0.3, 0.4) is 0 Å². The zero-order chi connectivity index (χ0) is 5.91. The molecule has 0 bridgehead atoms. The molecule has 0 radical (unpaired) electrons. The van der Waals surface area contributed by atoms with Gasteiger partial charge in [-0.1, -0.05) is 0 Å². The van der Waals surface area contributed by atoms with Crippen molar-refractivity contribution in [2.45, 2.75) is 19.2 Å². The van der Waals surface area contributed by atoms with Gasteiger partial charge in [-0.05, 0) is 0 Å². The van der Waals surface area contributed by atoms with Gasteiger partial charge >= 0.3 is 46.8 Å². The van der Waals surface area contributed by atoms with Crippen LogP contribution in [0.2, 0.25) is 0 Å². The molecule has 0 amide bonds. The molecule has 3 heteroatoms. The fourth-order valence-corrected chi connectivity index (χ4v) is 0.311. The summed E-state index contributed by atoms with van der Waals surface area (Å²) < 4.78 is 4.96. The van der Waals surface area contributed by atoms with Crippen LogP contribution in [0.4, 0.5) is 0 Å². The van der Waals surface area contributed by atoms with Crippen molar-refractivity contribution in [1.82, 2.24) is 0 Å². The normalized spacial score (nSPS) is 10.6. The molecule has 0 fully saturated rings. The van der Waals surface area contributed by atoms with Gasteiger partial charge in [0, 0.05) is 0 Å². The minimum absolute atomic E-state index is 0.151. The Labute approximate surface area is 47.7 Å². The molecule has 1 atom stereocenters. The zero-order valence-electron chi connectivity index (χ0n) is 4.77. The molecule has 1 unspecified atom stereocenters. The Kier molecular flexibility index (Phi) is 2.53. The molecule has 0 aliphatic rings. The number of ether oxygens (including phenoxy) is 1. The first-order chi connectivity index (χ1) is 3.06. The Bertz CT molecular complexity index is 66.6. The van der Waals surface area contributed by atoms with Crippen LogP contribution in [0.15, 0.2) is 0 Å². The molecule has 1 nitrogen and oxygen atoms in total. The van der Waals surface area contributed by atoms with Gasteiger partial charge in [-0.3, -0.25) is 0 Å². The molecule has 40 valence electrons. The fraction of sp³-hybridized carbons (Fsp3) is 0.750. The maximum absolute atomic E-state index is 4.96. The van der Waals surface area contributed by atoms with Crippen molar-refractivity contribution in [3.63, 3.8) is 0 Å². The van der Waals surface area contributed by atoms with Gasteiger partial charge in [0.05, 0.1) is 0 Å². The first-order valence-electron chi connectivity index (χ1n) is 2.14. The minimum atomic E-state index is -0.151. The predicted molar refractivity (Wildman–Crippen MR) is 38.1 cm³/mol. The molecule has 0 aromatic carbocycles. The topological polar surface area (TPSA) is 9.23 Å². The van der Waals surface area contributed by atoms with Gasteiger partial charge in [0.1, 0.15) is 0 Å². The van der Waals surface area contributed by atoms with E-state index < -0.39 is 0 Å². The van der Waals surface area contributed by atoms with Crippen molar-refractivity contribution >= 4 is 22.9 Å². The van der Waals surface area contributed by atoms with Crippen LogP contribution in [0, 0.1) is 0 Å². The van der Waals surface area contributed by atoms with Crippen molar-refractivity contribution < 1.29 is 4.74 Å². The molecule has 7 heavy (non-hydrogen) atoms. The van der Waals surface area contributed by atoms with Gasteiger partial charge in [0.15, 0.2) is 0 Å². The Morgan fingerprint density at radius 1 is 1.71 bits per heavy atom. The Balaban J connectivity index is 3.34. The summed E-state index contributed by atoms with van der Waals surface area (Å²) in [6.07, 6.45) is 1.44. The van der Waals surface area contributed by atoms with Crippen molar-refractivity contribution in [2.24, 2.45) is 0 Å². The molecule has 0 N–H and O–H groups in total. The van der Waals surface area contributed by atoms with E-state index in [0.29, 0.717) is 0 Å². The van der Waals surface area contributed by atoms with E-state index in [-0.39, 0.29) is 5.34 Å². The van der Waals surface area contributed by atoms with Crippen LogP contribution in [0.5, 0.6) is 0 Å². The number of hydrogen-bond donors (Lipinski definition) is 0. The first kappa shape index (κ1) is 7.16. The van der Waals surface area contributed by atoms with Gasteiger partial charge in [-0.15, -0.1) is 0 Å². The Morgan fingerprint density at radius 2 is 2.14 bits per heavy atom. The second-order valence-electron chi connectivity index (χ2n) is 1.89. The van der Waals surface area contributed by atoms with E-state index in [9.17, 15) is 0 Å². The van der Waals surface area contributed by atoms with Crippen molar-refractivity contribution in [3.8, 4) is 0 Å².